The number of carbonyl (C=O) groups excluding carboxylic acids is 3. The second-order valence-electron chi connectivity index (χ2n) is 13.7. The maximum absolute atomic E-state index is 14.4. The van der Waals surface area contributed by atoms with Gasteiger partial charge in [-0.05, 0) is 30.9 Å². The highest BCUT2D eigenvalue weighted by Crippen LogP contribution is 2.29. The molecular formula is C34H49N7O6. The molecule has 3 heterocycles. The number of methoxy groups -OCH3 is 1. The Labute approximate surface area is 277 Å². The first-order chi connectivity index (χ1) is 22.3. The van der Waals surface area contributed by atoms with Gasteiger partial charge in [0, 0.05) is 70.3 Å². The quantitative estimate of drug-likeness (QED) is 0.348. The Bertz CT molecular complexity index is 1410. The zero-order valence-corrected chi connectivity index (χ0v) is 28.4. The molecule has 1 aromatic carbocycles. The largest absolute Gasteiger partial charge is 0.465 e. The minimum atomic E-state index is -1.16. The molecule has 0 spiro atoms. The highest BCUT2D eigenvalue weighted by molar-refractivity contribution is 5.99. The van der Waals surface area contributed by atoms with Crippen molar-refractivity contribution in [3.63, 3.8) is 0 Å². The lowest BCUT2D eigenvalue weighted by atomic mass is 9.90. The highest BCUT2D eigenvalue weighted by Gasteiger charge is 2.41. The van der Waals surface area contributed by atoms with E-state index in [9.17, 15) is 24.3 Å². The SMILES string of the molecule is COCCCNc1nc(C(C)(C)C)ncc1C(=O)N(CC(C)C)[C@H]1C[C@@H](C(=O)N2CCN(c3ccccc3)C(=O)C2)CN(C(=O)O)C1. The number of piperazine rings is 1. The van der Waals surface area contributed by atoms with Crippen LogP contribution in [-0.4, -0.2) is 119 Å². The average Bonchev–Trinajstić information content (AvgIpc) is 3.04. The van der Waals surface area contributed by atoms with Gasteiger partial charge < -0.3 is 34.8 Å². The van der Waals surface area contributed by atoms with E-state index in [1.54, 1.807) is 23.1 Å². The molecule has 0 radical (unpaired) electrons. The molecule has 4 rings (SSSR count). The average molecular weight is 652 g/mol. The molecule has 0 saturated carbocycles. The van der Waals surface area contributed by atoms with Crippen molar-refractivity contribution in [3.8, 4) is 0 Å². The molecule has 0 unspecified atom stereocenters. The topological polar surface area (TPSA) is 149 Å². The molecule has 0 aliphatic carbocycles. The van der Waals surface area contributed by atoms with Crippen LogP contribution in [0.2, 0.25) is 0 Å². The molecule has 1 aromatic heterocycles. The van der Waals surface area contributed by atoms with Gasteiger partial charge in [0.05, 0.1) is 12.0 Å². The Kier molecular flexibility index (Phi) is 11.8. The lowest BCUT2D eigenvalue weighted by Crippen LogP contribution is -2.59. The first kappa shape index (κ1) is 35.6. The van der Waals surface area contributed by atoms with Crippen LogP contribution in [0, 0.1) is 11.8 Å². The number of nitrogens with one attached hydrogen (secondary N) is 1. The van der Waals surface area contributed by atoms with Crippen molar-refractivity contribution in [2.75, 3.05) is 69.7 Å². The van der Waals surface area contributed by atoms with Crippen LogP contribution in [0.15, 0.2) is 36.5 Å². The molecule has 47 heavy (non-hydrogen) atoms. The summed E-state index contributed by atoms with van der Waals surface area (Å²) >= 11 is 0. The van der Waals surface area contributed by atoms with Gasteiger partial charge in [0.2, 0.25) is 11.8 Å². The van der Waals surface area contributed by atoms with Gasteiger partial charge in [-0.15, -0.1) is 0 Å². The first-order valence-corrected chi connectivity index (χ1v) is 16.3. The molecule has 2 aliphatic heterocycles. The molecule has 13 nitrogen and oxygen atoms in total. The summed E-state index contributed by atoms with van der Waals surface area (Å²) in [4.78, 5) is 69.0. The fourth-order valence-corrected chi connectivity index (χ4v) is 6.04. The molecular weight excluding hydrogens is 602 g/mol. The van der Waals surface area contributed by atoms with Crippen molar-refractivity contribution in [2.24, 2.45) is 11.8 Å². The van der Waals surface area contributed by atoms with Gasteiger partial charge in [-0.3, -0.25) is 14.4 Å². The third kappa shape index (κ3) is 8.97. The van der Waals surface area contributed by atoms with Gasteiger partial charge in [-0.2, -0.15) is 0 Å². The Balaban J connectivity index is 1.59. The second kappa shape index (κ2) is 15.6. The van der Waals surface area contributed by atoms with Crippen molar-refractivity contribution in [1.29, 1.82) is 0 Å². The van der Waals surface area contributed by atoms with Crippen LogP contribution in [0.4, 0.5) is 16.3 Å². The molecule has 2 N–H and O–H groups in total. The number of carbonyl (C=O) groups is 4. The number of nitrogens with zero attached hydrogens (tertiary/aromatic N) is 6. The van der Waals surface area contributed by atoms with E-state index in [1.165, 1.54) is 9.80 Å². The molecule has 2 fully saturated rings. The number of anilines is 2. The highest BCUT2D eigenvalue weighted by atomic mass is 16.5. The predicted molar refractivity (Wildman–Crippen MR) is 178 cm³/mol. The summed E-state index contributed by atoms with van der Waals surface area (Å²) in [6.07, 6.45) is 1.36. The standard InChI is InChI=1S/C34H49N7O6/c1-23(2)19-41(31(44)27-18-36-32(34(3,4)5)37-29(27)35-13-10-16-47-6)26-17-24(20-39(21-26)33(45)46)30(43)38-14-15-40(28(42)22-38)25-11-8-7-9-12-25/h7-9,11-12,18,23-24,26H,10,13-17,19-22H2,1-6H3,(H,45,46)(H,35,36,37)/t24-,26+/m1/s1. The fraction of sp³-hybridized carbons (Fsp3) is 0.588. The van der Waals surface area contributed by atoms with Crippen molar-refractivity contribution < 1.29 is 29.0 Å². The Hall–Kier alpha value is -4.26. The van der Waals surface area contributed by atoms with Gasteiger partial charge in [-0.1, -0.05) is 52.8 Å². The van der Waals surface area contributed by atoms with Crippen molar-refractivity contribution in [1.82, 2.24) is 24.7 Å². The van der Waals surface area contributed by atoms with Gasteiger partial charge in [-0.25, -0.2) is 14.8 Å². The van der Waals surface area contributed by atoms with E-state index in [0.717, 1.165) is 5.69 Å². The van der Waals surface area contributed by atoms with E-state index >= 15 is 0 Å². The van der Waals surface area contributed by atoms with Crippen LogP contribution in [0.5, 0.6) is 0 Å². The Morgan fingerprint density at radius 2 is 1.83 bits per heavy atom. The molecule has 256 valence electrons. The minimum Gasteiger partial charge on any atom is -0.465 e. The summed E-state index contributed by atoms with van der Waals surface area (Å²) in [5.74, 6) is -0.464. The normalized spacial score (nSPS) is 18.8. The molecule has 2 aromatic rings. The van der Waals surface area contributed by atoms with Crippen molar-refractivity contribution >= 4 is 35.3 Å². The summed E-state index contributed by atoms with van der Waals surface area (Å²) in [6, 6.07) is 8.73. The number of benzene rings is 1. The minimum absolute atomic E-state index is 0.00282. The van der Waals surface area contributed by atoms with E-state index in [2.05, 4.69) is 10.3 Å². The Morgan fingerprint density at radius 3 is 2.45 bits per heavy atom. The fourth-order valence-electron chi connectivity index (χ4n) is 6.04. The zero-order chi connectivity index (χ0) is 34.3. The van der Waals surface area contributed by atoms with Crippen LogP contribution in [0.25, 0.3) is 0 Å². The van der Waals surface area contributed by atoms with Gasteiger partial charge in [0.1, 0.15) is 23.8 Å². The monoisotopic (exact) mass is 651 g/mol. The van der Waals surface area contributed by atoms with E-state index in [0.29, 0.717) is 50.8 Å². The predicted octanol–water partition coefficient (Wildman–Crippen LogP) is 3.56. The number of para-hydroxylation sites is 1. The smallest absolute Gasteiger partial charge is 0.407 e. The summed E-state index contributed by atoms with van der Waals surface area (Å²) in [7, 11) is 1.63. The first-order valence-electron chi connectivity index (χ1n) is 16.3. The van der Waals surface area contributed by atoms with E-state index < -0.39 is 18.1 Å². The van der Waals surface area contributed by atoms with Crippen LogP contribution in [-0.2, 0) is 19.7 Å². The molecule has 2 aliphatic rings. The van der Waals surface area contributed by atoms with Crippen LogP contribution < -0.4 is 10.2 Å². The molecule has 0 bridgehead atoms. The maximum atomic E-state index is 14.4. The number of carboxylic acid groups (broad SMARTS) is 1. The number of hydrogen-bond acceptors (Lipinski definition) is 8. The maximum Gasteiger partial charge on any atom is 0.407 e. The third-order valence-electron chi connectivity index (χ3n) is 8.42. The third-order valence-corrected chi connectivity index (χ3v) is 8.42. The lowest BCUT2D eigenvalue weighted by Gasteiger charge is -2.43. The number of aromatic nitrogens is 2. The Morgan fingerprint density at radius 1 is 1.11 bits per heavy atom. The van der Waals surface area contributed by atoms with E-state index in [-0.39, 0.29) is 60.7 Å². The number of amides is 4. The number of piperidine rings is 1. The number of likely N-dealkylation sites (tertiary alicyclic amines) is 1. The van der Waals surface area contributed by atoms with Crippen LogP contribution >= 0.6 is 0 Å². The lowest BCUT2D eigenvalue weighted by molar-refractivity contribution is -0.142. The second-order valence-corrected chi connectivity index (χ2v) is 13.7. The summed E-state index contributed by atoms with van der Waals surface area (Å²) < 4.78 is 5.18. The molecule has 2 atom stereocenters. The molecule has 2 saturated heterocycles. The summed E-state index contributed by atoms with van der Waals surface area (Å²) in [5.41, 5.74) is 0.706. The van der Waals surface area contributed by atoms with Crippen molar-refractivity contribution in [3.05, 3.63) is 47.9 Å². The summed E-state index contributed by atoms with van der Waals surface area (Å²) in [5, 5.41) is 13.4. The van der Waals surface area contributed by atoms with Crippen LogP contribution in [0.3, 0.4) is 0 Å². The number of hydrogen-bond donors (Lipinski definition) is 2. The molecule has 4 amide bonds. The van der Waals surface area contributed by atoms with Crippen molar-refractivity contribution in [2.45, 2.75) is 58.9 Å². The van der Waals surface area contributed by atoms with E-state index in [4.69, 9.17) is 9.72 Å². The number of ether oxygens (including phenoxy) is 1. The van der Waals surface area contributed by atoms with Gasteiger partial charge >= 0.3 is 6.09 Å². The molecule has 13 heteroatoms. The zero-order valence-electron chi connectivity index (χ0n) is 28.4. The van der Waals surface area contributed by atoms with Crippen LogP contribution in [0.1, 0.15) is 63.6 Å². The number of rotatable bonds is 11. The van der Waals surface area contributed by atoms with E-state index in [1.807, 2.05) is 65.0 Å². The van der Waals surface area contributed by atoms with Gasteiger partial charge in [0.25, 0.3) is 5.91 Å². The summed E-state index contributed by atoms with van der Waals surface area (Å²) in [6.45, 7) is 12.0. The van der Waals surface area contributed by atoms with Gasteiger partial charge in [0.15, 0.2) is 0 Å².